The summed E-state index contributed by atoms with van der Waals surface area (Å²) in [5.41, 5.74) is 1.21. The summed E-state index contributed by atoms with van der Waals surface area (Å²) in [5.74, 6) is 1.36. The average Bonchev–Trinajstić information content (AvgIpc) is 2.30. The number of benzene rings is 1. The molecule has 0 aliphatic heterocycles. The quantitative estimate of drug-likeness (QED) is 0.763. The molecule has 0 aromatic heterocycles. The van der Waals surface area contributed by atoms with Crippen molar-refractivity contribution in [3.63, 3.8) is 0 Å². The molecule has 0 radical (unpaired) electrons. The molecule has 1 aromatic rings. The Morgan fingerprint density at radius 3 is 2.67 bits per heavy atom. The van der Waals surface area contributed by atoms with Crippen LogP contribution in [0.5, 0.6) is 5.75 Å². The third-order valence-electron chi connectivity index (χ3n) is 3.32. The van der Waals surface area contributed by atoms with Crippen LogP contribution >= 0.6 is 27.5 Å². The number of rotatable bonds is 4. The number of hydrogen-bond donors (Lipinski definition) is 0. The first-order chi connectivity index (χ1) is 8.52. The second-order valence-electron chi connectivity index (χ2n) is 4.95. The van der Waals surface area contributed by atoms with Gasteiger partial charge in [0.25, 0.3) is 0 Å². The topological polar surface area (TPSA) is 18.5 Å². The number of ether oxygens (including phenoxy) is 2. The summed E-state index contributed by atoms with van der Waals surface area (Å²) in [6, 6.07) is 6.12. The molecule has 100 valence electrons. The third-order valence-corrected chi connectivity index (χ3v) is 4.24. The maximum absolute atomic E-state index is 6.09. The summed E-state index contributed by atoms with van der Waals surface area (Å²) in [6.45, 7) is 4.32. The maximum Gasteiger partial charge on any atom is 0.128 e. The summed E-state index contributed by atoms with van der Waals surface area (Å²) in [5, 5.41) is 0.0675. The van der Waals surface area contributed by atoms with E-state index in [0.717, 1.165) is 16.6 Å². The molecule has 0 spiro atoms. The van der Waals surface area contributed by atoms with Crippen molar-refractivity contribution in [2.45, 2.75) is 43.8 Å². The standard InChI is InChI=1S/C14H18BrClO2/c1-8(2)10-6-9(15)4-5-12(10)18-13-7-11(16)14(13)17-3/h4-6,8,11,13-14H,7H2,1-3H3. The molecule has 2 rings (SSSR count). The fraction of sp³-hybridized carbons (Fsp3) is 0.571. The molecule has 0 N–H and O–H groups in total. The van der Waals surface area contributed by atoms with Gasteiger partial charge in [-0.25, -0.2) is 0 Å². The lowest BCUT2D eigenvalue weighted by Crippen LogP contribution is -2.52. The van der Waals surface area contributed by atoms with E-state index in [1.165, 1.54) is 5.56 Å². The lowest BCUT2D eigenvalue weighted by molar-refractivity contribution is -0.0587. The van der Waals surface area contributed by atoms with Crippen LogP contribution in [-0.2, 0) is 4.74 Å². The van der Waals surface area contributed by atoms with E-state index in [0.29, 0.717) is 5.92 Å². The minimum absolute atomic E-state index is 0.00433. The van der Waals surface area contributed by atoms with E-state index in [1.54, 1.807) is 7.11 Å². The van der Waals surface area contributed by atoms with E-state index in [2.05, 4.69) is 35.8 Å². The molecule has 4 heteroatoms. The molecule has 18 heavy (non-hydrogen) atoms. The highest BCUT2D eigenvalue weighted by molar-refractivity contribution is 9.10. The van der Waals surface area contributed by atoms with E-state index in [1.807, 2.05) is 12.1 Å². The largest absolute Gasteiger partial charge is 0.487 e. The first kappa shape index (κ1) is 14.2. The lowest BCUT2D eigenvalue weighted by atomic mass is 9.90. The van der Waals surface area contributed by atoms with Gasteiger partial charge in [0.15, 0.2) is 0 Å². The zero-order valence-electron chi connectivity index (χ0n) is 10.8. The van der Waals surface area contributed by atoms with Crippen molar-refractivity contribution >= 4 is 27.5 Å². The molecule has 3 unspecified atom stereocenters. The number of hydrogen-bond acceptors (Lipinski definition) is 2. The second kappa shape index (κ2) is 5.81. The Kier molecular flexibility index (Phi) is 4.57. The highest BCUT2D eigenvalue weighted by atomic mass is 79.9. The van der Waals surface area contributed by atoms with Gasteiger partial charge in [-0.3, -0.25) is 0 Å². The van der Waals surface area contributed by atoms with Crippen LogP contribution in [0.25, 0.3) is 0 Å². The van der Waals surface area contributed by atoms with Crippen LogP contribution in [0, 0.1) is 0 Å². The highest BCUT2D eigenvalue weighted by Crippen LogP contribution is 2.36. The highest BCUT2D eigenvalue weighted by Gasteiger charge is 2.42. The molecular formula is C14H18BrClO2. The molecule has 0 bridgehead atoms. The first-order valence-corrected chi connectivity index (χ1v) is 7.38. The molecule has 3 atom stereocenters. The molecule has 1 aliphatic rings. The predicted octanol–water partition coefficient (Wildman–Crippen LogP) is 4.35. The van der Waals surface area contributed by atoms with Gasteiger partial charge in [0.1, 0.15) is 18.0 Å². The molecular weight excluding hydrogens is 316 g/mol. The van der Waals surface area contributed by atoms with Gasteiger partial charge in [0.2, 0.25) is 0 Å². The molecule has 0 saturated heterocycles. The smallest absolute Gasteiger partial charge is 0.128 e. The van der Waals surface area contributed by atoms with Gasteiger partial charge in [-0.15, -0.1) is 11.6 Å². The minimum Gasteiger partial charge on any atom is -0.487 e. The van der Waals surface area contributed by atoms with Gasteiger partial charge < -0.3 is 9.47 Å². The zero-order valence-corrected chi connectivity index (χ0v) is 13.2. The van der Waals surface area contributed by atoms with E-state index in [4.69, 9.17) is 21.1 Å². The van der Waals surface area contributed by atoms with E-state index in [9.17, 15) is 0 Å². The van der Waals surface area contributed by atoms with Crippen molar-refractivity contribution in [2.24, 2.45) is 0 Å². The Morgan fingerprint density at radius 2 is 2.11 bits per heavy atom. The van der Waals surface area contributed by atoms with Crippen molar-refractivity contribution in [3.8, 4) is 5.75 Å². The van der Waals surface area contributed by atoms with Gasteiger partial charge >= 0.3 is 0 Å². The van der Waals surface area contributed by atoms with E-state index >= 15 is 0 Å². The summed E-state index contributed by atoms with van der Waals surface area (Å²) in [6.07, 6.45) is 0.903. The summed E-state index contributed by atoms with van der Waals surface area (Å²) >= 11 is 9.59. The maximum atomic E-state index is 6.09. The fourth-order valence-electron chi connectivity index (χ4n) is 2.18. The van der Waals surface area contributed by atoms with Crippen LogP contribution in [-0.4, -0.2) is 24.7 Å². The molecule has 1 aliphatic carbocycles. The fourth-order valence-corrected chi connectivity index (χ4v) is 3.00. The zero-order chi connectivity index (χ0) is 13.3. The molecule has 2 nitrogen and oxygen atoms in total. The Bertz CT molecular complexity index is 422. The first-order valence-electron chi connectivity index (χ1n) is 6.16. The Balaban J connectivity index is 2.14. The van der Waals surface area contributed by atoms with Crippen molar-refractivity contribution in [3.05, 3.63) is 28.2 Å². The number of methoxy groups -OCH3 is 1. The van der Waals surface area contributed by atoms with Crippen LogP contribution in [0.1, 0.15) is 31.7 Å². The number of halogens is 2. The van der Waals surface area contributed by atoms with Gasteiger partial charge in [0, 0.05) is 18.0 Å². The molecule has 1 aromatic carbocycles. The van der Waals surface area contributed by atoms with Gasteiger partial charge in [0.05, 0.1) is 5.38 Å². The van der Waals surface area contributed by atoms with Gasteiger partial charge in [-0.05, 0) is 29.7 Å². The molecule has 0 heterocycles. The summed E-state index contributed by atoms with van der Waals surface area (Å²) < 4.78 is 12.5. The molecule has 0 amide bonds. The lowest BCUT2D eigenvalue weighted by Gasteiger charge is -2.40. The van der Waals surface area contributed by atoms with Crippen LogP contribution in [0.4, 0.5) is 0 Å². The van der Waals surface area contributed by atoms with Crippen molar-refractivity contribution in [1.29, 1.82) is 0 Å². The van der Waals surface area contributed by atoms with Crippen LogP contribution < -0.4 is 4.74 Å². The van der Waals surface area contributed by atoms with Gasteiger partial charge in [-0.2, -0.15) is 0 Å². The van der Waals surface area contributed by atoms with Crippen molar-refractivity contribution in [2.75, 3.05) is 7.11 Å². The van der Waals surface area contributed by atoms with Crippen LogP contribution in [0.3, 0.4) is 0 Å². The monoisotopic (exact) mass is 332 g/mol. The van der Waals surface area contributed by atoms with Crippen LogP contribution in [0.15, 0.2) is 22.7 Å². The Labute approximate surface area is 122 Å². The van der Waals surface area contributed by atoms with E-state index < -0.39 is 0 Å². The van der Waals surface area contributed by atoms with Gasteiger partial charge in [-0.1, -0.05) is 29.8 Å². The normalized spacial score (nSPS) is 27.1. The SMILES string of the molecule is COC1C(Cl)CC1Oc1ccc(Br)cc1C(C)C. The molecule has 1 fully saturated rings. The van der Waals surface area contributed by atoms with Crippen molar-refractivity contribution in [1.82, 2.24) is 0 Å². The van der Waals surface area contributed by atoms with Crippen LogP contribution in [0.2, 0.25) is 0 Å². The predicted molar refractivity (Wildman–Crippen MR) is 77.7 cm³/mol. The van der Waals surface area contributed by atoms with E-state index in [-0.39, 0.29) is 17.6 Å². The van der Waals surface area contributed by atoms with Crippen molar-refractivity contribution < 1.29 is 9.47 Å². The summed E-state index contributed by atoms with van der Waals surface area (Å²) in [4.78, 5) is 0. The summed E-state index contributed by atoms with van der Waals surface area (Å²) in [7, 11) is 1.68. The minimum atomic E-state index is -0.00433. The Hall–Kier alpha value is -0.250. The Morgan fingerprint density at radius 1 is 1.39 bits per heavy atom. The second-order valence-corrected chi connectivity index (χ2v) is 6.42. The number of alkyl halides is 1. The third kappa shape index (κ3) is 2.84. The molecule has 1 saturated carbocycles. The average molecular weight is 334 g/mol.